The smallest absolute Gasteiger partial charge is 0.257 e. The zero-order valence-corrected chi connectivity index (χ0v) is 12.8. The molecule has 1 unspecified atom stereocenters. The van der Waals surface area contributed by atoms with Gasteiger partial charge in [0.05, 0.1) is 0 Å². The molecule has 1 aliphatic heterocycles. The van der Waals surface area contributed by atoms with Gasteiger partial charge in [-0.2, -0.15) is 0 Å². The van der Waals surface area contributed by atoms with Crippen molar-refractivity contribution in [2.24, 2.45) is 0 Å². The number of rotatable bonds is 2. The first-order chi connectivity index (χ1) is 9.95. The summed E-state index contributed by atoms with van der Waals surface area (Å²) < 4.78 is 26.8. The number of nitrogens with one attached hydrogen (secondary N) is 1. The number of carbonyl (C=O) groups is 1. The third-order valence-corrected chi connectivity index (χ3v) is 4.99. The molecule has 0 aromatic heterocycles. The molecule has 1 amide bonds. The van der Waals surface area contributed by atoms with Gasteiger partial charge in [-0.05, 0) is 46.3 Å². The molecule has 21 heavy (non-hydrogen) atoms. The number of aliphatic hydroxyl groups is 1. The minimum absolute atomic E-state index is 0.480. The third-order valence-electron chi connectivity index (χ3n) is 3.02. The Morgan fingerprint density at radius 3 is 2.67 bits per heavy atom. The van der Waals surface area contributed by atoms with E-state index in [1.807, 2.05) is 0 Å². The topological polar surface area (TPSA) is 49.3 Å². The molecule has 0 aliphatic carbocycles. The van der Waals surface area contributed by atoms with Crippen molar-refractivity contribution in [1.29, 1.82) is 0 Å². The highest BCUT2D eigenvalue weighted by atomic mass is 79.9. The van der Waals surface area contributed by atoms with E-state index in [1.165, 1.54) is 17.8 Å². The predicted molar refractivity (Wildman–Crippen MR) is 78.2 cm³/mol. The van der Waals surface area contributed by atoms with E-state index in [0.29, 0.717) is 25.5 Å². The minimum Gasteiger partial charge on any atom is -0.378 e. The maximum Gasteiger partial charge on any atom is 0.257 e. The highest BCUT2D eigenvalue weighted by molar-refractivity contribution is 9.10. The predicted octanol–water partition coefficient (Wildman–Crippen LogP) is 3.86. The molecule has 3 rings (SSSR count). The van der Waals surface area contributed by atoms with Crippen LogP contribution in [0.25, 0.3) is 0 Å². The van der Waals surface area contributed by atoms with Crippen molar-refractivity contribution in [3.63, 3.8) is 0 Å². The van der Waals surface area contributed by atoms with Crippen LogP contribution in [0.15, 0.2) is 44.6 Å². The Labute approximate surface area is 131 Å². The van der Waals surface area contributed by atoms with Crippen LogP contribution in [0.1, 0.15) is 11.7 Å². The molecule has 0 fully saturated rings. The van der Waals surface area contributed by atoms with E-state index < -0.39 is 23.6 Å². The van der Waals surface area contributed by atoms with Gasteiger partial charge in [0.1, 0.15) is 0 Å². The Kier molecular flexibility index (Phi) is 3.73. The van der Waals surface area contributed by atoms with Crippen LogP contribution in [0.5, 0.6) is 0 Å². The van der Waals surface area contributed by atoms with E-state index in [1.54, 1.807) is 12.1 Å². The largest absolute Gasteiger partial charge is 0.378 e. The molecule has 2 aromatic carbocycles. The monoisotopic (exact) mass is 371 g/mol. The maximum atomic E-state index is 13.2. The summed E-state index contributed by atoms with van der Waals surface area (Å²) in [7, 11) is 0. The number of fused-ring (bicyclic) bond motifs is 1. The molecule has 1 aliphatic rings. The Balaban J connectivity index is 1.95. The summed E-state index contributed by atoms with van der Waals surface area (Å²) in [6.45, 7) is 0. The van der Waals surface area contributed by atoms with Crippen LogP contribution in [0.3, 0.4) is 0 Å². The van der Waals surface area contributed by atoms with E-state index >= 15 is 0 Å². The first-order valence-electron chi connectivity index (χ1n) is 5.91. The average Bonchev–Trinajstić information content (AvgIpc) is 2.70. The summed E-state index contributed by atoms with van der Waals surface area (Å²) in [6, 6.07) is 6.95. The fourth-order valence-electron chi connectivity index (χ4n) is 1.99. The Morgan fingerprint density at radius 2 is 1.95 bits per heavy atom. The molecule has 2 aromatic rings. The van der Waals surface area contributed by atoms with Crippen LogP contribution < -0.4 is 5.32 Å². The van der Waals surface area contributed by atoms with Gasteiger partial charge in [0.15, 0.2) is 17.7 Å². The summed E-state index contributed by atoms with van der Waals surface area (Å²) >= 11 is 4.57. The zero-order valence-electron chi connectivity index (χ0n) is 10.4. The molecular weight excluding hydrogens is 364 g/mol. The van der Waals surface area contributed by atoms with Crippen molar-refractivity contribution in [3.8, 4) is 0 Å². The van der Waals surface area contributed by atoms with E-state index in [2.05, 4.69) is 21.2 Å². The minimum atomic E-state index is -1.18. The lowest BCUT2D eigenvalue weighted by molar-refractivity contribution is -0.123. The highest BCUT2D eigenvalue weighted by Crippen LogP contribution is 2.41. The average molecular weight is 372 g/mol. The van der Waals surface area contributed by atoms with Crippen molar-refractivity contribution in [1.82, 2.24) is 0 Å². The molecule has 0 spiro atoms. The zero-order chi connectivity index (χ0) is 15.1. The fraction of sp³-hybridized carbons (Fsp3) is 0.0714. The van der Waals surface area contributed by atoms with Crippen LogP contribution in [-0.4, -0.2) is 11.0 Å². The summed E-state index contributed by atoms with van der Waals surface area (Å²) in [6.07, 6.45) is -1.18. The number of benzene rings is 2. The second-order valence-corrected chi connectivity index (χ2v) is 6.41. The number of carbonyl (C=O) groups excluding carboxylic acids is 1. The van der Waals surface area contributed by atoms with E-state index in [0.717, 1.165) is 12.1 Å². The van der Waals surface area contributed by atoms with Crippen LogP contribution >= 0.6 is 27.7 Å². The molecule has 0 saturated heterocycles. The molecule has 0 radical (unpaired) electrons. The van der Waals surface area contributed by atoms with Gasteiger partial charge >= 0.3 is 0 Å². The van der Waals surface area contributed by atoms with Crippen molar-refractivity contribution in [2.45, 2.75) is 15.9 Å². The number of hydrogen-bond donors (Lipinski definition) is 2. The van der Waals surface area contributed by atoms with Gasteiger partial charge in [0.25, 0.3) is 5.91 Å². The van der Waals surface area contributed by atoms with Gasteiger partial charge in [0.2, 0.25) is 0 Å². The quantitative estimate of drug-likeness (QED) is 0.842. The molecule has 7 heteroatoms. The number of amides is 1. The first kappa shape index (κ1) is 14.5. The number of hydrogen-bond acceptors (Lipinski definition) is 3. The van der Waals surface area contributed by atoms with Gasteiger partial charge < -0.3 is 10.4 Å². The molecule has 3 nitrogen and oxygen atoms in total. The lowest BCUT2D eigenvalue weighted by atomic mass is 10.1. The van der Waals surface area contributed by atoms with Crippen LogP contribution in [-0.2, 0) is 4.79 Å². The Hall–Kier alpha value is -1.44. The maximum absolute atomic E-state index is 13.2. The third kappa shape index (κ3) is 2.68. The molecule has 0 saturated carbocycles. The lowest BCUT2D eigenvalue weighted by Gasteiger charge is -2.08. The second kappa shape index (κ2) is 5.40. The normalized spacial score (nSPS) is 16.8. The molecule has 108 valence electrons. The highest BCUT2D eigenvalue weighted by Gasteiger charge is 2.29. The van der Waals surface area contributed by atoms with E-state index in [9.17, 15) is 18.7 Å². The number of aliphatic hydroxyl groups excluding tert-OH is 1. The summed E-state index contributed by atoms with van der Waals surface area (Å²) in [5.74, 6) is -2.30. The van der Waals surface area contributed by atoms with Crippen LogP contribution in [0.4, 0.5) is 14.5 Å². The van der Waals surface area contributed by atoms with Crippen molar-refractivity contribution < 1.29 is 18.7 Å². The van der Waals surface area contributed by atoms with Gasteiger partial charge in [-0.15, -0.1) is 0 Å². The summed E-state index contributed by atoms with van der Waals surface area (Å²) in [5.41, 5.74) is 1.00. The molecular formula is C14H8BrF2NO2S. The molecule has 2 N–H and O–H groups in total. The summed E-state index contributed by atoms with van der Waals surface area (Å²) in [4.78, 5) is 12.7. The van der Waals surface area contributed by atoms with Gasteiger partial charge in [-0.1, -0.05) is 11.8 Å². The molecule has 0 bridgehead atoms. The van der Waals surface area contributed by atoms with E-state index in [-0.39, 0.29) is 0 Å². The van der Waals surface area contributed by atoms with Crippen LogP contribution in [0, 0.1) is 11.6 Å². The standard InChI is InChI=1S/C14H8BrF2NO2S/c15-8-4-7-11(18-14(20)13(7)19)5-12(8)21-6-1-2-9(16)10(17)3-6/h1-5,13,19H,(H,18,20). The lowest BCUT2D eigenvalue weighted by Crippen LogP contribution is -2.10. The Morgan fingerprint density at radius 1 is 1.19 bits per heavy atom. The van der Waals surface area contributed by atoms with Crippen molar-refractivity contribution in [2.75, 3.05) is 5.32 Å². The van der Waals surface area contributed by atoms with Crippen molar-refractivity contribution >= 4 is 39.3 Å². The van der Waals surface area contributed by atoms with Crippen molar-refractivity contribution in [3.05, 3.63) is 52.0 Å². The fourth-order valence-corrected chi connectivity index (χ4v) is 3.48. The first-order valence-corrected chi connectivity index (χ1v) is 7.52. The number of halogens is 3. The van der Waals surface area contributed by atoms with Gasteiger partial charge in [0, 0.05) is 25.5 Å². The van der Waals surface area contributed by atoms with Gasteiger partial charge in [-0.3, -0.25) is 4.79 Å². The summed E-state index contributed by atoms with van der Waals surface area (Å²) in [5, 5.41) is 12.3. The molecule has 1 atom stereocenters. The number of anilines is 1. The second-order valence-electron chi connectivity index (χ2n) is 4.44. The van der Waals surface area contributed by atoms with Gasteiger partial charge in [-0.25, -0.2) is 8.78 Å². The molecule has 1 heterocycles. The Bertz CT molecular complexity index is 754. The van der Waals surface area contributed by atoms with E-state index in [4.69, 9.17) is 0 Å². The van der Waals surface area contributed by atoms with Crippen LogP contribution in [0.2, 0.25) is 0 Å². The SMILES string of the molecule is O=C1Nc2cc(Sc3ccc(F)c(F)c3)c(Br)cc2C1O.